The number of carbonyl (C=O) groups is 1. The van der Waals surface area contributed by atoms with Crippen LogP contribution in [0.5, 0.6) is 0 Å². The second-order valence-corrected chi connectivity index (χ2v) is 5.17. The van der Waals surface area contributed by atoms with E-state index in [9.17, 15) is 4.79 Å². The molecule has 7 heteroatoms. The quantitative estimate of drug-likeness (QED) is 0.775. The first-order chi connectivity index (χ1) is 8.61. The summed E-state index contributed by atoms with van der Waals surface area (Å²) in [6.45, 7) is 4.32. The van der Waals surface area contributed by atoms with Crippen LogP contribution in [0.25, 0.3) is 0 Å². The lowest BCUT2D eigenvalue weighted by Gasteiger charge is -2.01. The fourth-order valence-corrected chi connectivity index (χ4v) is 2.30. The highest BCUT2D eigenvalue weighted by Crippen LogP contribution is 2.15. The average molecular weight is 265 g/mol. The number of carbonyl (C=O) groups excluding carboxylic acids is 1. The van der Waals surface area contributed by atoms with Crippen LogP contribution in [0.15, 0.2) is 6.20 Å². The third-order valence-corrected chi connectivity index (χ3v) is 3.46. The minimum atomic E-state index is -0.269. The summed E-state index contributed by atoms with van der Waals surface area (Å²) in [4.78, 5) is 17.0. The third kappa shape index (κ3) is 2.51. The normalized spacial score (nSPS) is 10.6. The van der Waals surface area contributed by atoms with Crippen molar-refractivity contribution in [3.05, 3.63) is 27.5 Å². The van der Waals surface area contributed by atoms with Gasteiger partial charge in [0.1, 0.15) is 0 Å². The first kappa shape index (κ1) is 12.6. The number of aromatic amines is 1. The van der Waals surface area contributed by atoms with Crippen LogP contribution in [-0.2, 0) is 13.0 Å². The topological polar surface area (TPSA) is 96.7 Å². The standard InChI is InChI=1S/C11H15N5OS/c1-3-8-9(12)10(16-15-8)11(17)14-5-7-4-13-6(2)18-7/h4H,3,5,12H2,1-2H3,(H,14,17)(H,15,16). The van der Waals surface area contributed by atoms with Gasteiger partial charge in [-0.3, -0.25) is 9.89 Å². The van der Waals surface area contributed by atoms with Gasteiger partial charge in [0.15, 0.2) is 5.69 Å². The highest BCUT2D eigenvalue weighted by Gasteiger charge is 2.16. The van der Waals surface area contributed by atoms with Crippen LogP contribution < -0.4 is 11.1 Å². The predicted molar refractivity (Wildman–Crippen MR) is 70.4 cm³/mol. The molecule has 0 saturated carbocycles. The minimum absolute atomic E-state index is 0.257. The summed E-state index contributed by atoms with van der Waals surface area (Å²) in [7, 11) is 0. The summed E-state index contributed by atoms with van der Waals surface area (Å²) in [5.74, 6) is -0.269. The molecule has 2 rings (SSSR count). The van der Waals surface area contributed by atoms with Gasteiger partial charge in [-0.15, -0.1) is 11.3 Å². The Morgan fingerprint density at radius 1 is 1.61 bits per heavy atom. The SMILES string of the molecule is CCc1[nH]nc(C(=O)NCc2cnc(C)s2)c1N. The van der Waals surface area contributed by atoms with Gasteiger partial charge in [0.2, 0.25) is 0 Å². The van der Waals surface area contributed by atoms with Crippen LogP contribution in [0.1, 0.15) is 33.0 Å². The fraction of sp³-hybridized carbons (Fsp3) is 0.364. The van der Waals surface area contributed by atoms with E-state index in [0.29, 0.717) is 12.2 Å². The molecule has 2 aromatic heterocycles. The molecule has 2 heterocycles. The predicted octanol–water partition coefficient (Wildman–Crippen LogP) is 1.25. The van der Waals surface area contributed by atoms with Gasteiger partial charge in [-0.05, 0) is 13.3 Å². The van der Waals surface area contributed by atoms with Gasteiger partial charge in [-0.25, -0.2) is 4.98 Å². The number of anilines is 1. The van der Waals surface area contributed by atoms with Gasteiger partial charge in [0.25, 0.3) is 5.91 Å². The molecule has 0 unspecified atom stereocenters. The number of rotatable bonds is 4. The molecule has 0 spiro atoms. The highest BCUT2D eigenvalue weighted by molar-refractivity contribution is 7.11. The Hall–Kier alpha value is -1.89. The van der Waals surface area contributed by atoms with Crippen LogP contribution in [0.2, 0.25) is 0 Å². The molecule has 2 aromatic rings. The lowest BCUT2D eigenvalue weighted by molar-refractivity contribution is 0.0947. The number of amides is 1. The molecule has 0 aliphatic rings. The first-order valence-corrected chi connectivity index (χ1v) is 6.45. The number of hydrogen-bond acceptors (Lipinski definition) is 5. The number of nitrogen functional groups attached to an aromatic ring is 1. The maximum atomic E-state index is 11.9. The zero-order valence-corrected chi connectivity index (χ0v) is 11.1. The molecule has 0 aliphatic carbocycles. The molecule has 4 N–H and O–H groups in total. The van der Waals surface area contributed by atoms with Crippen LogP contribution in [-0.4, -0.2) is 21.1 Å². The Balaban J connectivity index is 2.01. The number of nitrogens with one attached hydrogen (secondary N) is 2. The van der Waals surface area contributed by atoms with Crippen molar-refractivity contribution < 1.29 is 4.79 Å². The third-order valence-electron chi connectivity index (χ3n) is 2.54. The van der Waals surface area contributed by atoms with Gasteiger partial charge in [0.05, 0.1) is 22.9 Å². The number of nitrogens with two attached hydrogens (primary N) is 1. The van der Waals surface area contributed by atoms with Crippen LogP contribution >= 0.6 is 11.3 Å². The molecule has 0 radical (unpaired) electrons. The van der Waals surface area contributed by atoms with Gasteiger partial charge < -0.3 is 11.1 Å². The van der Waals surface area contributed by atoms with Crippen molar-refractivity contribution in [2.75, 3.05) is 5.73 Å². The van der Waals surface area contributed by atoms with Crippen molar-refractivity contribution in [1.82, 2.24) is 20.5 Å². The lowest BCUT2D eigenvalue weighted by Crippen LogP contribution is -2.23. The van der Waals surface area contributed by atoms with Crippen molar-refractivity contribution >= 4 is 22.9 Å². The molecule has 0 saturated heterocycles. The number of hydrogen-bond donors (Lipinski definition) is 3. The van der Waals surface area contributed by atoms with Crippen LogP contribution in [0, 0.1) is 6.92 Å². The molecule has 18 heavy (non-hydrogen) atoms. The number of nitrogens with zero attached hydrogens (tertiary/aromatic N) is 2. The molecule has 0 aliphatic heterocycles. The Morgan fingerprint density at radius 2 is 2.39 bits per heavy atom. The van der Waals surface area contributed by atoms with Gasteiger partial charge >= 0.3 is 0 Å². The van der Waals surface area contributed by atoms with Gasteiger partial charge in [-0.1, -0.05) is 6.92 Å². The monoisotopic (exact) mass is 265 g/mol. The Labute approximate surface area is 109 Å². The zero-order chi connectivity index (χ0) is 13.1. The molecule has 0 aromatic carbocycles. The number of H-pyrrole nitrogens is 1. The second kappa shape index (κ2) is 5.18. The molecule has 0 fully saturated rings. The lowest BCUT2D eigenvalue weighted by atomic mass is 10.2. The molecular weight excluding hydrogens is 250 g/mol. The van der Waals surface area contributed by atoms with E-state index >= 15 is 0 Å². The Bertz CT molecular complexity index is 560. The van der Waals surface area contributed by atoms with Crippen molar-refractivity contribution in [2.24, 2.45) is 0 Å². The van der Waals surface area contributed by atoms with E-state index in [1.165, 1.54) is 0 Å². The molecule has 0 bridgehead atoms. The van der Waals surface area contributed by atoms with Crippen molar-refractivity contribution in [3.8, 4) is 0 Å². The van der Waals surface area contributed by atoms with Gasteiger partial charge in [0, 0.05) is 11.1 Å². The minimum Gasteiger partial charge on any atom is -0.395 e. The largest absolute Gasteiger partial charge is 0.395 e. The number of aryl methyl sites for hydroxylation is 2. The number of thiazole rings is 1. The second-order valence-electron chi connectivity index (χ2n) is 3.85. The molecule has 6 nitrogen and oxygen atoms in total. The smallest absolute Gasteiger partial charge is 0.274 e. The summed E-state index contributed by atoms with van der Waals surface area (Å²) in [5, 5.41) is 10.4. The van der Waals surface area contributed by atoms with E-state index < -0.39 is 0 Å². The fourth-order valence-electron chi connectivity index (χ4n) is 1.57. The molecule has 0 atom stereocenters. The summed E-state index contributed by atoms with van der Waals surface area (Å²) in [5.41, 5.74) is 7.29. The van der Waals surface area contributed by atoms with E-state index in [0.717, 1.165) is 22.0 Å². The van der Waals surface area contributed by atoms with E-state index in [1.807, 2.05) is 13.8 Å². The summed E-state index contributed by atoms with van der Waals surface area (Å²) < 4.78 is 0. The molecule has 96 valence electrons. The summed E-state index contributed by atoms with van der Waals surface area (Å²) >= 11 is 1.55. The summed E-state index contributed by atoms with van der Waals surface area (Å²) in [6, 6.07) is 0. The summed E-state index contributed by atoms with van der Waals surface area (Å²) in [6.07, 6.45) is 2.48. The van der Waals surface area contributed by atoms with E-state index in [2.05, 4.69) is 20.5 Å². The van der Waals surface area contributed by atoms with Crippen molar-refractivity contribution in [3.63, 3.8) is 0 Å². The Morgan fingerprint density at radius 3 is 2.94 bits per heavy atom. The zero-order valence-electron chi connectivity index (χ0n) is 10.3. The highest BCUT2D eigenvalue weighted by atomic mass is 32.1. The average Bonchev–Trinajstić information content (AvgIpc) is 2.92. The van der Waals surface area contributed by atoms with E-state index in [4.69, 9.17) is 5.73 Å². The Kier molecular flexibility index (Phi) is 3.61. The molecule has 1 amide bonds. The van der Waals surface area contributed by atoms with Crippen molar-refractivity contribution in [2.45, 2.75) is 26.8 Å². The maximum Gasteiger partial charge on any atom is 0.274 e. The maximum absolute atomic E-state index is 11.9. The van der Waals surface area contributed by atoms with Crippen LogP contribution in [0.3, 0.4) is 0 Å². The first-order valence-electron chi connectivity index (χ1n) is 5.64. The van der Waals surface area contributed by atoms with Gasteiger partial charge in [-0.2, -0.15) is 5.10 Å². The number of aromatic nitrogens is 3. The van der Waals surface area contributed by atoms with E-state index in [-0.39, 0.29) is 11.6 Å². The van der Waals surface area contributed by atoms with Crippen molar-refractivity contribution in [1.29, 1.82) is 0 Å². The van der Waals surface area contributed by atoms with Crippen LogP contribution in [0.4, 0.5) is 5.69 Å². The van der Waals surface area contributed by atoms with E-state index in [1.54, 1.807) is 17.5 Å². The molecular formula is C11H15N5OS.